The number of nitro benzene ring substituents is 1. The first-order chi connectivity index (χ1) is 10.0. The largest absolute Gasteiger partial charge is 0.465 e. The predicted molar refractivity (Wildman–Crippen MR) is 78.9 cm³/mol. The second-order valence-corrected chi connectivity index (χ2v) is 4.61. The van der Waals surface area contributed by atoms with Gasteiger partial charge in [0.05, 0.1) is 16.9 Å². The zero-order valence-electron chi connectivity index (χ0n) is 11.6. The third-order valence-electron chi connectivity index (χ3n) is 3.20. The smallest absolute Gasteiger partial charge is 0.323 e. The van der Waals surface area contributed by atoms with Gasteiger partial charge in [0.2, 0.25) is 0 Å². The van der Waals surface area contributed by atoms with Crippen molar-refractivity contribution in [2.45, 2.75) is 19.4 Å². The lowest BCUT2D eigenvalue weighted by Crippen LogP contribution is -2.34. The molecule has 6 nitrogen and oxygen atoms in total. The Bertz CT molecular complexity index is 684. The van der Waals surface area contributed by atoms with Crippen LogP contribution in [0.1, 0.15) is 12.5 Å². The number of carbonyl (C=O) groups is 1. The van der Waals surface area contributed by atoms with Crippen molar-refractivity contribution in [2.75, 3.05) is 6.61 Å². The lowest BCUT2D eigenvalue weighted by atomic mass is 9.99. The van der Waals surface area contributed by atoms with E-state index in [9.17, 15) is 14.9 Å². The van der Waals surface area contributed by atoms with Crippen molar-refractivity contribution in [2.24, 2.45) is 5.73 Å². The maximum Gasteiger partial charge on any atom is 0.323 e. The molecular formula is C15H16N2O4. The van der Waals surface area contributed by atoms with Gasteiger partial charge >= 0.3 is 5.97 Å². The third kappa shape index (κ3) is 3.17. The van der Waals surface area contributed by atoms with Gasteiger partial charge in [-0.15, -0.1) is 0 Å². The summed E-state index contributed by atoms with van der Waals surface area (Å²) in [6.45, 7) is 1.91. The molecule has 0 heterocycles. The molecule has 1 atom stereocenters. The molecule has 0 fully saturated rings. The van der Waals surface area contributed by atoms with Gasteiger partial charge in [0, 0.05) is 12.0 Å². The van der Waals surface area contributed by atoms with Crippen LogP contribution in [0.3, 0.4) is 0 Å². The van der Waals surface area contributed by atoms with Gasteiger partial charge in [-0.1, -0.05) is 30.3 Å². The number of hydrogen-bond donors (Lipinski definition) is 1. The summed E-state index contributed by atoms with van der Waals surface area (Å²) in [4.78, 5) is 22.5. The van der Waals surface area contributed by atoms with Crippen LogP contribution in [0.2, 0.25) is 0 Å². The fraction of sp³-hybridized carbons (Fsp3) is 0.267. The average Bonchev–Trinajstić information content (AvgIpc) is 2.46. The number of nitro groups is 1. The van der Waals surface area contributed by atoms with Crippen LogP contribution in [0.15, 0.2) is 36.4 Å². The van der Waals surface area contributed by atoms with E-state index in [1.165, 1.54) is 0 Å². The zero-order valence-corrected chi connectivity index (χ0v) is 11.6. The monoisotopic (exact) mass is 288 g/mol. The number of rotatable bonds is 5. The van der Waals surface area contributed by atoms with Crippen LogP contribution < -0.4 is 5.73 Å². The first-order valence-corrected chi connectivity index (χ1v) is 6.61. The SMILES string of the molecule is CCOC(=O)C(N)Cc1ccc2ccccc2c1[N+](=O)[O-]. The van der Waals surface area contributed by atoms with Crippen LogP contribution in [-0.2, 0) is 16.0 Å². The van der Waals surface area contributed by atoms with Gasteiger partial charge in [-0.2, -0.15) is 0 Å². The van der Waals surface area contributed by atoms with Crippen LogP contribution in [0.4, 0.5) is 5.69 Å². The Morgan fingerprint density at radius 1 is 1.33 bits per heavy atom. The minimum Gasteiger partial charge on any atom is -0.465 e. The van der Waals surface area contributed by atoms with Crippen molar-refractivity contribution in [3.8, 4) is 0 Å². The molecule has 0 saturated heterocycles. The Morgan fingerprint density at radius 3 is 2.71 bits per heavy atom. The number of esters is 1. The van der Waals surface area contributed by atoms with Crippen LogP contribution in [0.25, 0.3) is 10.8 Å². The highest BCUT2D eigenvalue weighted by Gasteiger charge is 2.23. The van der Waals surface area contributed by atoms with E-state index in [0.29, 0.717) is 10.9 Å². The maximum absolute atomic E-state index is 11.6. The quantitative estimate of drug-likeness (QED) is 0.517. The topological polar surface area (TPSA) is 95.5 Å². The van der Waals surface area contributed by atoms with Crippen molar-refractivity contribution in [3.05, 3.63) is 52.1 Å². The van der Waals surface area contributed by atoms with Gasteiger partial charge in [0.25, 0.3) is 5.69 Å². The van der Waals surface area contributed by atoms with Crippen LogP contribution >= 0.6 is 0 Å². The van der Waals surface area contributed by atoms with Gasteiger partial charge < -0.3 is 10.5 Å². The fourth-order valence-electron chi connectivity index (χ4n) is 2.25. The van der Waals surface area contributed by atoms with E-state index >= 15 is 0 Å². The third-order valence-corrected chi connectivity index (χ3v) is 3.20. The van der Waals surface area contributed by atoms with Gasteiger partial charge in [0.1, 0.15) is 6.04 Å². The number of benzene rings is 2. The molecule has 0 aliphatic rings. The van der Waals surface area contributed by atoms with Crippen LogP contribution in [0, 0.1) is 10.1 Å². The molecule has 0 amide bonds. The molecule has 2 aromatic rings. The second kappa shape index (κ2) is 6.32. The molecule has 110 valence electrons. The Balaban J connectivity index is 2.42. The first kappa shape index (κ1) is 14.9. The van der Waals surface area contributed by atoms with E-state index in [4.69, 9.17) is 10.5 Å². The lowest BCUT2D eigenvalue weighted by molar-refractivity contribution is -0.383. The van der Waals surface area contributed by atoms with Crippen molar-refractivity contribution >= 4 is 22.4 Å². The molecular weight excluding hydrogens is 272 g/mol. The Hall–Kier alpha value is -2.47. The van der Waals surface area contributed by atoms with Crippen molar-refractivity contribution in [1.29, 1.82) is 0 Å². The second-order valence-electron chi connectivity index (χ2n) is 4.61. The summed E-state index contributed by atoms with van der Waals surface area (Å²) >= 11 is 0. The molecule has 0 saturated carbocycles. The molecule has 0 bridgehead atoms. The van der Waals surface area contributed by atoms with Gasteiger partial charge in [-0.3, -0.25) is 14.9 Å². The summed E-state index contributed by atoms with van der Waals surface area (Å²) in [5, 5.41) is 12.7. The molecule has 0 aliphatic carbocycles. The Morgan fingerprint density at radius 2 is 2.05 bits per heavy atom. The van der Waals surface area contributed by atoms with E-state index in [-0.39, 0.29) is 18.7 Å². The molecule has 0 spiro atoms. The van der Waals surface area contributed by atoms with E-state index in [1.54, 1.807) is 37.3 Å². The number of nitrogens with two attached hydrogens (primary N) is 1. The molecule has 21 heavy (non-hydrogen) atoms. The number of carbonyl (C=O) groups excluding carboxylic acids is 1. The summed E-state index contributed by atoms with van der Waals surface area (Å²) in [7, 11) is 0. The summed E-state index contributed by atoms with van der Waals surface area (Å²) < 4.78 is 4.83. The maximum atomic E-state index is 11.6. The van der Waals surface area contributed by atoms with Gasteiger partial charge in [0.15, 0.2) is 0 Å². The number of ether oxygens (including phenoxy) is 1. The normalized spacial score (nSPS) is 12.1. The molecule has 0 aromatic heterocycles. The van der Waals surface area contributed by atoms with E-state index in [0.717, 1.165) is 5.39 Å². The number of fused-ring (bicyclic) bond motifs is 1. The predicted octanol–water partition coefficient (Wildman–Crippen LogP) is 2.18. The fourth-order valence-corrected chi connectivity index (χ4v) is 2.25. The summed E-state index contributed by atoms with van der Waals surface area (Å²) in [5.41, 5.74) is 6.17. The zero-order chi connectivity index (χ0) is 15.4. The number of nitrogens with zero attached hydrogens (tertiary/aromatic N) is 1. The van der Waals surface area contributed by atoms with Crippen LogP contribution in [0.5, 0.6) is 0 Å². The highest BCUT2D eigenvalue weighted by Crippen LogP contribution is 2.30. The van der Waals surface area contributed by atoms with E-state index in [1.807, 2.05) is 6.07 Å². The summed E-state index contributed by atoms with van der Waals surface area (Å²) in [6.07, 6.45) is 0.0694. The lowest BCUT2D eigenvalue weighted by Gasteiger charge is -2.11. The van der Waals surface area contributed by atoms with E-state index in [2.05, 4.69) is 0 Å². The minimum absolute atomic E-state index is 0.00662. The highest BCUT2D eigenvalue weighted by molar-refractivity contribution is 5.92. The van der Waals surface area contributed by atoms with Gasteiger partial charge in [-0.05, 0) is 18.4 Å². The average molecular weight is 288 g/mol. The molecule has 2 N–H and O–H groups in total. The molecule has 2 rings (SSSR count). The standard InChI is InChI=1S/C15H16N2O4/c1-2-21-15(18)13(16)9-11-8-7-10-5-3-4-6-12(10)14(11)17(19)20/h3-8,13H,2,9,16H2,1H3. The minimum atomic E-state index is -0.912. The van der Waals surface area contributed by atoms with Crippen LogP contribution in [-0.4, -0.2) is 23.5 Å². The highest BCUT2D eigenvalue weighted by atomic mass is 16.6. The molecule has 0 aliphatic heterocycles. The Labute approximate surface area is 121 Å². The van der Waals surface area contributed by atoms with Crippen molar-refractivity contribution in [3.63, 3.8) is 0 Å². The Kier molecular flexibility index (Phi) is 4.49. The summed E-state index contributed by atoms with van der Waals surface area (Å²) in [6, 6.07) is 9.56. The molecule has 6 heteroatoms. The number of hydrogen-bond acceptors (Lipinski definition) is 5. The summed E-state index contributed by atoms with van der Waals surface area (Å²) in [5.74, 6) is -0.556. The van der Waals surface area contributed by atoms with Gasteiger partial charge in [-0.25, -0.2) is 0 Å². The van der Waals surface area contributed by atoms with E-state index < -0.39 is 16.9 Å². The first-order valence-electron chi connectivity index (χ1n) is 6.61. The molecule has 0 radical (unpaired) electrons. The molecule has 1 unspecified atom stereocenters. The molecule has 2 aromatic carbocycles. The van der Waals surface area contributed by atoms with Crippen molar-refractivity contribution in [1.82, 2.24) is 0 Å². The van der Waals surface area contributed by atoms with Crippen molar-refractivity contribution < 1.29 is 14.5 Å².